The number of carbonyl (C=O) groups is 1. The van der Waals surface area contributed by atoms with Crippen molar-refractivity contribution in [2.24, 2.45) is 4.99 Å². The average Bonchev–Trinajstić information content (AvgIpc) is 3.10. The minimum absolute atomic E-state index is 0.242. The zero-order valence-corrected chi connectivity index (χ0v) is 12.8. The van der Waals surface area contributed by atoms with E-state index in [1.807, 2.05) is 31.2 Å². The molecule has 0 unspecified atom stereocenters. The van der Waals surface area contributed by atoms with E-state index in [1.165, 1.54) is 18.2 Å². The predicted molar refractivity (Wildman–Crippen MR) is 87.3 cm³/mol. The fourth-order valence-electron chi connectivity index (χ4n) is 1.93. The van der Waals surface area contributed by atoms with Crippen LogP contribution >= 0.6 is 11.8 Å². The van der Waals surface area contributed by atoms with Crippen molar-refractivity contribution in [2.75, 3.05) is 0 Å². The van der Waals surface area contributed by atoms with Gasteiger partial charge in [0, 0.05) is 6.08 Å². The van der Waals surface area contributed by atoms with Gasteiger partial charge in [0.1, 0.15) is 10.7 Å². The predicted octanol–water partition coefficient (Wildman–Crippen LogP) is 3.39. The monoisotopic (exact) mass is 329 g/mol. The SMILES string of the molecule is Cc1ccccc1N=C1NC(=O)/C(=C/c2ccc([N+](=O)[O-])o2)S1. The lowest BCUT2D eigenvalue weighted by Gasteiger charge is -1.99. The third kappa shape index (κ3) is 3.32. The Morgan fingerprint density at radius 3 is 2.78 bits per heavy atom. The van der Waals surface area contributed by atoms with Crippen molar-refractivity contribution < 1.29 is 14.1 Å². The van der Waals surface area contributed by atoms with E-state index in [1.54, 1.807) is 0 Å². The molecular weight excluding hydrogens is 318 g/mol. The minimum Gasteiger partial charge on any atom is -0.401 e. The highest BCUT2D eigenvalue weighted by molar-refractivity contribution is 8.18. The van der Waals surface area contributed by atoms with Crippen LogP contribution in [-0.4, -0.2) is 16.0 Å². The lowest BCUT2D eigenvalue weighted by atomic mass is 10.2. The molecule has 1 amide bonds. The Labute approximate surface area is 135 Å². The van der Waals surface area contributed by atoms with Crippen LogP contribution in [0.3, 0.4) is 0 Å². The zero-order valence-electron chi connectivity index (χ0n) is 12.0. The van der Waals surface area contributed by atoms with E-state index in [9.17, 15) is 14.9 Å². The highest BCUT2D eigenvalue weighted by Crippen LogP contribution is 2.29. The summed E-state index contributed by atoms with van der Waals surface area (Å²) in [6.07, 6.45) is 1.45. The molecule has 1 aromatic heterocycles. The van der Waals surface area contributed by atoms with E-state index in [-0.39, 0.29) is 17.6 Å². The summed E-state index contributed by atoms with van der Waals surface area (Å²) in [5.74, 6) is -0.443. The van der Waals surface area contributed by atoms with Crippen LogP contribution in [0.4, 0.5) is 11.6 Å². The van der Waals surface area contributed by atoms with Crippen molar-refractivity contribution in [1.82, 2.24) is 5.32 Å². The fourth-order valence-corrected chi connectivity index (χ4v) is 2.74. The molecule has 1 aliphatic heterocycles. The topological polar surface area (TPSA) is 97.7 Å². The van der Waals surface area contributed by atoms with Crippen molar-refractivity contribution >= 4 is 40.5 Å². The van der Waals surface area contributed by atoms with Crippen LogP contribution in [0.5, 0.6) is 0 Å². The molecule has 0 atom stereocenters. The smallest absolute Gasteiger partial charge is 0.401 e. The quantitative estimate of drug-likeness (QED) is 0.529. The van der Waals surface area contributed by atoms with Gasteiger partial charge in [-0.05, 0) is 36.4 Å². The molecule has 1 saturated heterocycles. The number of nitro groups is 1. The highest BCUT2D eigenvalue weighted by Gasteiger charge is 2.25. The van der Waals surface area contributed by atoms with Gasteiger partial charge in [0.2, 0.25) is 0 Å². The summed E-state index contributed by atoms with van der Waals surface area (Å²) < 4.78 is 5.02. The van der Waals surface area contributed by atoms with Gasteiger partial charge in [0.05, 0.1) is 16.7 Å². The third-order valence-electron chi connectivity index (χ3n) is 3.05. The number of furan rings is 1. The molecule has 1 fully saturated rings. The number of rotatable bonds is 3. The van der Waals surface area contributed by atoms with Gasteiger partial charge in [-0.1, -0.05) is 18.2 Å². The normalized spacial score (nSPS) is 17.7. The van der Waals surface area contributed by atoms with Crippen molar-refractivity contribution in [3.05, 3.63) is 62.7 Å². The second-order valence-electron chi connectivity index (χ2n) is 4.70. The number of para-hydroxylation sites is 1. The lowest BCUT2D eigenvalue weighted by Crippen LogP contribution is -2.19. The van der Waals surface area contributed by atoms with Gasteiger partial charge < -0.3 is 9.73 Å². The van der Waals surface area contributed by atoms with E-state index >= 15 is 0 Å². The van der Waals surface area contributed by atoms with E-state index in [0.29, 0.717) is 10.1 Å². The number of aryl methyl sites for hydroxylation is 1. The number of hydrogen-bond acceptors (Lipinski definition) is 6. The molecule has 3 rings (SSSR count). The van der Waals surface area contributed by atoms with Crippen LogP contribution in [0.2, 0.25) is 0 Å². The molecule has 0 spiro atoms. The molecule has 23 heavy (non-hydrogen) atoms. The maximum atomic E-state index is 11.9. The van der Waals surface area contributed by atoms with Crippen LogP contribution < -0.4 is 5.32 Å². The molecule has 0 aliphatic carbocycles. The second-order valence-corrected chi connectivity index (χ2v) is 5.73. The van der Waals surface area contributed by atoms with E-state index in [2.05, 4.69) is 10.3 Å². The Hall–Kier alpha value is -2.87. The van der Waals surface area contributed by atoms with Gasteiger partial charge in [-0.15, -0.1) is 0 Å². The Bertz CT molecular complexity index is 854. The van der Waals surface area contributed by atoms with Crippen LogP contribution in [0.1, 0.15) is 11.3 Å². The summed E-state index contributed by atoms with van der Waals surface area (Å²) in [6.45, 7) is 1.93. The number of amides is 1. The first-order valence-corrected chi connectivity index (χ1v) is 7.44. The van der Waals surface area contributed by atoms with Crippen LogP contribution in [0, 0.1) is 17.0 Å². The van der Waals surface area contributed by atoms with Gasteiger partial charge in [0.25, 0.3) is 5.91 Å². The Balaban J connectivity index is 1.83. The second kappa shape index (κ2) is 6.09. The fraction of sp³-hybridized carbons (Fsp3) is 0.0667. The summed E-state index contributed by atoms with van der Waals surface area (Å²) in [7, 11) is 0. The third-order valence-corrected chi connectivity index (χ3v) is 3.96. The van der Waals surface area contributed by atoms with Gasteiger partial charge in [0.15, 0.2) is 5.17 Å². The first-order valence-electron chi connectivity index (χ1n) is 6.62. The standard InChI is InChI=1S/C15H11N3O4S/c1-9-4-2-3-5-11(9)16-15-17-14(19)12(23-15)8-10-6-7-13(22-10)18(20)21/h2-8H,1H3,(H,16,17,19)/b12-8-. The van der Waals surface area contributed by atoms with Gasteiger partial charge >= 0.3 is 5.88 Å². The largest absolute Gasteiger partial charge is 0.433 e. The molecule has 2 heterocycles. The van der Waals surface area contributed by atoms with E-state index < -0.39 is 4.92 Å². The van der Waals surface area contributed by atoms with Crippen LogP contribution in [0.15, 0.2) is 50.7 Å². The number of thioether (sulfide) groups is 1. The lowest BCUT2D eigenvalue weighted by molar-refractivity contribution is -0.402. The molecule has 0 radical (unpaired) electrons. The summed E-state index contributed by atoms with van der Waals surface area (Å²) in [5.41, 5.74) is 1.76. The minimum atomic E-state index is -0.630. The van der Waals surface area contributed by atoms with E-state index in [4.69, 9.17) is 4.42 Å². The molecule has 116 valence electrons. The molecule has 1 N–H and O–H groups in total. The van der Waals surface area contributed by atoms with Crippen molar-refractivity contribution in [1.29, 1.82) is 0 Å². The summed E-state index contributed by atoms with van der Waals surface area (Å²) in [4.78, 5) is 26.7. The van der Waals surface area contributed by atoms with Crippen LogP contribution in [-0.2, 0) is 4.79 Å². The first-order chi connectivity index (χ1) is 11.0. The van der Waals surface area contributed by atoms with Crippen molar-refractivity contribution in [3.8, 4) is 0 Å². The Morgan fingerprint density at radius 1 is 1.30 bits per heavy atom. The van der Waals surface area contributed by atoms with Gasteiger partial charge in [-0.3, -0.25) is 14.9 Å². The first kappa shape index (κ1) is 15.0. The molecule has 2 aromatic rings. The number of nitrogens with one attached hydrogen (secondary N) is 1. The summed E-state index contributed by atoms with van der Waals surface area (Å²) in [5, 5.41) is 13.7. The highest BCUT2D eigenvalue weighted by atomic mass is 32.2. The van der Waals surface area contributed by atoms with Gasteiger partial charge in [-0.25, -0.2) is 4.99 Å². The molecule has 1 aromatic carbocycles. The number of amidine groups is 1. The molecule has 8 heteroatoms. The van der Waals surface area contributed by atoms with E-state index in [0.717, 1.165) is 23.0 Å². The number of hydrogen-bond donors (Lipinski definition) is 1. The van der Waals surface area contributed by atoms with Gasteiger partial charge in [-0.2, -0.15) is 0 Å². The summed E-state index contributed by atoms with van der Waals surface area (Å²) >= 11 is 1.16. The number of benzene rings is 1. The van der Waals surface area contributed by atoms with Crippen molar-refractivity contribution in [3.63, 3.8) is 0 Å². The average molecular weight is 329 g/mol. The Kier molecular flexibility index (Phi) is 3.98. The number of carbonyl (C=O) groups excluding carboxylic acids is 1. The number of aliphatic imine (C=N–C) groups is 1. The zero-order chi connectivity index (χ0) is 16.4. The summed E-state index contributed by atoms with van der Waals surface area (Å²) in [6, 6.07) is 10.2. The molecular formula is C15H11N3O4S. The molecule has 0 saturated carbocycles. The maximum absolute atomic E-state index is 11.9. The maximum Gasteiger partial charge on any atom is 0.433 e. The molecule has 1 aliphatic rings. The van der Waals surface area contributed by atoms with Crippen LogP contribution in [0.25, 0.3) is 6.08 Å². The molecule has 7 nitrogen and oxygen atoms in total. The Morgan fingerprint density at radius 2 is 2.09 bits per heavy atom. The number of nitrogens with zero attached hydrogens (tertiary/aromatic N) is 2. The molecule has 0 bridgehead atoms. The van der Waals surface area contributed by atoms with Crippen molar-refractivity contribution in [2.45, 2.75) is 6.92 Å².